The molecule has 5 nitrogen and oxygen atoms in total. The topological polar surface area (TPSA) is 54.3 Å². The molecule has 33 heavy (non-hydrogen) atoms. The van der Waals surface area contributed by atoms with Gasteiger partial charge in [0.05, 0.1) is 6.54 Å². The van der Waals surface area contributed by atoms with Crippen molar-refractivity contribution in [2.45, 2.75) is 26.9 Å². The lowest BCUT2D eigenvalue weighted by Gasteiger charge is -2.11. The number of carbonyl (C=O) groups excluding carboxylic acids is 2. The number of hydrogen-bond acceptors (Lipinski definition) is 2. The number of amides is 3. The number of para-hydroxylation sites is 1. The Bertz CT molecular complexity index is 1380. The van der Waals surface area contributed by atoms with Crippen molar-refractivity contribution in [3.8, 4) is 0 Å². The fourth-order valence-electron chi connectivity index (χ4n) is 4.35. The van der Waals surface area contributed by atoms with Crippen molar-refractivity contribution in [2.24, 2.45) is 0 Å². The largest absolute Gasteiger partial charge is 0.340 e. The number of imide groups is 1. The first-order chi connectivity index (χ1) is 16.0. The number of hydrogen-bond donors (Lipinski definition) is 1. The molecular formula is C28H25N3O2. The van der Waals surface area contributed by atoms with Crippen molar-refractivity contribution in [2.75, 3.05) is 0 Å². The van der Waals surface area contributed by atoms with Crippen LogP contribution in [0.15, 0.2) is 84.6 Å². The zero-order valence-electron chi connectivity index (χ0n) is 18.7. The molecule has 0 saturated carbocycles. The van der Waals surface area contributed by atoms with Crippen molar-refractivity contribution in [1.82, 2.24) is 14.8 Å². The zero-order chi connectivity index (χ0) is 22.9. The van der Waals surface area contributed by atoms with Crippen molar-refractivity contribution >= 4 is 28.9 Å². The van der Waals surface area contributed by atoms with Crippen molar-refractivity contribution in [1.29, 1.82) is 0 Å². The minimum atomic E-state index is -0.391. The van der Waals surface area contributed by atoms with Crippen molar-refractivity contribution < 1.29 is 9.59 Å². The van der Waals surface area contributed by atoms with Gasteiger partial charge in [-0.2, -0.15) is 0 Å². The summed E-state index contributed by atoms with van der Waals surface area (Å²) in [6, 6.07) is 25.9. The summed E-state index contributed by atoms with van der Waals surface area (Å²) in [5.74, 6) is -0.306. The molecule has 1 saturated heterocycles. The highest BCUT2D eigenvalue weighted by Crippen LogP contribution is 2.29. The molecule has 0 aliphatic carbocycles. The standard InChI is InChI=1S/C28H25N3O2/c1-19-12-14-22(15-13-19)18-31-27(32)25(29-28(31)33)16-24-20(2)30(17-21-8-4-3-5-9-21)26-11-7-6-10-23(24)26/h3-16H,17-18H2,1-2H3,(H,29,33)/b25-16+. The molecule has 5 rings (SSSR count). The van der Waals surface area contributed by atoms with E-state index in [1.54, 1.807) is 0 Å². The van der Waals surface area contributed by atoms with E-state index in [-0.39, 0.29) is 12.5 Å². The third-order valence-corrected chi connectivity index (χ3v) is 6.18. The van der Waals surface area contributed by atoms with Crippen LogP contribution >= 0.6 is 0 Å². The first-order valence-corrected chi connectivity index (χ1v) is 11.0. The molecular weight excluding hydrogens is 410 g/mol. The Hall–Kier alpha value is -4.12. The summed E-state index contributed by atoms with van der Waals surface area (Å²) in [7, 11) is 0. The maximum Gasteiger partial charge on any atom is 0.329 e. The van der Waals surface area contributed by atoms with Gasteiger partial charge in [0.25, 0.3) is 5.91 Å². The van der Waals surface area contributed by atoms with Crippen LogP contribution in [0.4, 0.5) is 4.79 Å². The van der Waals surface area contributed by atoms with E-state index in [1.807, 2.05) is 67.6 Å². The first kappa shape index (κ1) is 20.8. The molecule has 1 aliphatic rings. The molecule has 0 radical (unpaired) electrons. The zero-order valence-corrected chi connectivity index (χ0v) is 18.7. The summed E-state index contributed by atoms with van der Waals surface area (Å²) in [4.78, 5) is 27.0. The second-order valence-electron chi connectivity index (χ2n) is 8.45. The Morgan fingerprint density at radius 1 is 0.788 bits per heavy atom. The number of rotatable bonds is 5. The monoisotopic (exact) mass is 435 g/mol. The van der Waals surface area contributed by atoms with E-state index in [0.717, 1.165) is 39.8 Å². The number of carbonyl (C=O) groups is 2. The lowest BCUT2D eigenvalue weighted by atomic mass is 10.1. The molecule has 1 aromatic heterocycles. The minimum absolute atomic E-state index is 0.247. The van der Waals surface area contributed by atoms with Crippen molar-refractivity contribution in [3.63, 3.8) is 0 Å². The Kier molecular flexibility index (Phi) is 5.31. The van der Waals surface area contributed by atoms with Crippen LogP contribution in [-0.2, 0) is 17.9 Å². The minimum Gasteiger partial charge on any atom is -0.340 e. The van der Waals surface area contributed by atoms with Gasteiger partial charge in [-0.15, -0.1) is 0 Å². The SMILES string of the molecule is Cc1ccc(CN2C(=O)N/C(=C/c3c(C)n(Cc4ccccc4)c4ccccc34)C2=O)cc1. The molecule has 0 atom stereocenters. The van der Waals surface area contributed by atoms with Gasteiger partial charge in [-0.1, -0.05) is 78.4 Å². The second-order valence-corrected chi connectivity index (χ2v) is 8.45. The number of aromatic nitrogens is 1. The third-order valence-electron chi connectivity index (χ3n) is 6.18. The summed E-state index contributed by atoms with van der Waals surface area (Å²) in [6.45, 7) is 5.04. The fourth-order valence-corrected chi connectivity index (χ4v) is 4.35. The fraction of sp³-hybridized carbons (Fsp3) is 0.143. The quantitative estimate of drug-likeness (QED) is 0.337. The Morgan fingerprint density at radius 3 is 2.21 bits per heavy atom. The van der Waals surface area contributed by atoms with E-state index >= 15 is 0 Å². The molecule has 2 heterocycles. The van der Waals surface area contributed by atoms with Gasteiger partial charge in [0.1, 0.15) is 5.70 Å². The van der Waals surface area contributed by atoms with Crippen LogP contribution in [-0.4, -0.2) is 21.4 Å². The van der Waals surface area contributed by atoms with E-state index in [9.17, 15) is 9.59 Å². The molecule has 3 aromatic carbocycles. The lowest BCUT2D eigenvalue weighted by molar-refractivity contribution is -0.123. The van der Waals surface area contributed by atoms with E-state index in [1.165, 1.54) is 10.5 Å². The molecule has 0 spiro atoms. The maximum atomic E-state index is 13.1. The highest BCUT2D eigenvalue weighted by Gasteiger charge is 2.34. The molecule has 0 bridgehead atoms. The maximum absolute atomic E-state index is 13.1. The van der Waals surface area contributed by atoms with Crippen LogP contribution in [0.25, 0.3) is 17.0 Å². The highest BCUT2D eigenvalue weighted by atomic mass is 16.2. The molecule has 3 amide bonds. The van der Waals surface area contributed by atoms with Gasteiger partial charge in [-0.3, -0.25) is 9.69 Å². The Morgan fingerprint density at radius 2 is 1.45 bits per heavy atom. The van der Waals surface area contributed by atoms with Gasteiger partial charge in [0.15, 0.2) is 0 Å². The number of fused-ring (bicyclic) bond motifs is 1. The van der Waals surface area contributed by atoms with Crippen LogP contribution in [0.2, 0.25) is 0 Å². The van der Waals surface area contributed by atoms with E-state index < -0.39 is 6.03 Å². The number of urea groups is 1. The smallest absolute Gasteiger partial charge is 0.329 e. The molecule has 5 heteroatoms. The van der Waals surface area contributed by atoms with Crippen LogP contribution in [0.5, 0.6) is 0 Å². The molecule has 1 N–H and O–H groups in total. The average molecular weight is 436 g/mol. The molecule has 1 fully saturated rings. The van der Waals surface area contributed by atoms with E-state index in [2.05, 4.69) is 41.1 Å². The molecule has 4 aromatic rings. The summed E-state index contributed by atoms with van der Waals surface area (Å²) in [5.41, 5.74) is 6.65. The predicted octanol–water partition coefficient (Wildman–Crippen LogP) is 5.40. The number of aryl methyl sites for hydroxylation is 1. The molecule has 1 aliphatic heterocycles. The van der Waals surface area contributed by atoms with E-state index in [0.29, 0.717) is 5.70 Å². The van der Waals surface area contributed by atoms with Gasteiger partial charge in [0, 0.05) is 28.7 Å². The van der Waals surface area contributed by atoms with E-state index in [4.69, 9.17) is 0 Å². The normalized spacial score (nSPS) is 15.0. The highest BCUT2D eigenvalue weighted by molar-refractivity contribution is 6.14. The molecule has 164 valence electrons. The van der Waals surface area contributed by atoms with Crippen LogP contribution in [0.1, 0.15) is 27.9 Å². The number of nitrogens with one attached hydrogen (secondary N) is 1. The summed E-state index contributed by atoms with van der Waals surface area (Å²) >= 11 is 0. The first-order valence-electron chi connectivity index (χ1n) is 11.0. The van der Waals surface area contributed by atoms with Gasteiger partial charge in [-0.25, -0.2) is 4.79 Å². The number of benzene rings is 3. The Balaban J connectivity index is 1.50. The van der Waals surface area contributed by atoms with Gasteiger partial charge < -0.3 is 9.88 Å². The average Bonchev–Trinajstić information content (AvgIpc) is 3.24. The van der Waals surface area contributed by atoms with Crippen LogP contribution in [0, 0.1) is 13.8 Å². The second kappa shape index (κ2) is 8.43. The Labute approximate surface area is 193 Å². The van der Waals surface area contributed by atoms with Crippen LogP contribution < -0.4 is 5.32 Å². The third kappa shape index (κ3) is 3.94. The number of nitrogens with zero attached hydrogens (tertiary/aromatic N) is 2. The lowest BCUT2D eigenvalue weighted by Crippen LogP contribution is -2.30. The molecule has 0 unspecified atom stereocenters. The summed E-state index contributed by atoms with van der Waals surface area (Å²) < 4.78 is 2.25. The summed E-state index contributed by atoms with van der Waals surface area (Å²) in [5, 5.41) is 3.83. The van der Waals surface area contributed by atoms with Gasteiger partial charge in [0.2, 0.25) is 0 Å². The summed E-state index contributed by atoms with van der Waals surface area (Å²) in [6.07, 6.45) is 1.81. The predicted molar refractivity (Wildman–Crippen MR) is 130 cm³/mol. The van der Waals surface area contributed by atoms with Crippen LogP contribution in [0.3, 0.4) is 0 Å². The van der Waals surface area contributed by atoms with Crippen molar-refractivity contribution in [3.05, 3.63) is 113 Å². The van der Waals surface area contributed by atoms with Gasteiger partial charge in [-0.05, 0) is 37.1 Å². The van der Waals surface area contributed by atoms with Gasteiger partial charge >= 0.3 is 6.03 Å².